The first kappa shape index (κ1) is 30.4. The molecule has 1 aromatic rings. The molecule has 0 saturated carbocycles. The largest absolute Gasteiger partial charge is 0.418 e. The van der Waals surface area contributed by atoms with Crippen molar-refractivity contribution in [3.05, 3.63) is 65.1 Å². The number of benzene rings is 1. The summed E-state index contributed by atoms with van der Waals surface area (Å²) in [6.07, 6.45) is -1.36. The van der Waals surface area contributed by atoms with Crippen molar-refractivity contribution in [1.82, 2.24) is 19.6 Å². The number of carbonyl (C=O) groups excluding carboxylic acids is 1. The fraction of sp³-hybridized carbons (Fsp3) is 0.464. The Bertz CT molecular complexity index is 1250. The van der Waals surface area contributed by atoms with Crippen molar-refractivity contribution in [3.63, 3.8) is 0 Å². The summed E-state index contributed by atoms with van der Waals surface area (Å²) in [6.45, 7) is 3.52. The lowest BCUT2D eigenvalue weighted by molar-refractivity contribution is -0.107. The number of amidine groups is 1. The molecule has 0 bridgehead atoms. The van der Waals surface area contributed by atoms with Crippen LogP contribution in [0.1, 0.15) is 5.56 Å². The maximum Gasteiger partial charge on any atom is 0.418 e. The van der Waals surface area contributed by atoms with E-state index in [0.717, 1.165) is 54.6 Å². The molecule has 1 atom stereocenters. The number of carbonyl (C=O) groups is 1. The van der Waals surface area contributed by atoms with Gasteiger partial charge in [-0.25, -0.2) is 4.39 Å². The van der Waals surface area contributed by atoms with Gasteiger partial charge < -0.3 is 19.4 Å². The molecule has 3 heterocycles. The van der Waals surface area contributed by atoms with Crippen LogP contribution in [0.15, 0.2) is 59.6 Å². The highest BCUT2D eigenvalue weighted by Gasteiger charge is 2.50. The third-order valence-corrected chi connectivity index (χ3v) is 7.76. The van der Waals surface area contributed by atoms with Gasteiger partial charge in [-0.15, -0.1) is 0 Å². The molecular weight excluding hydrogens is 542 g/mol. The summed E-state index contributed by atoms with van der Waals surface area (Å²) in [5.41, 5.74) is -1.13. The van der Waals surface area contributed by atoms with E-state index in [2.05, 4.69) is 9.80 Å². The molecule has 0 aromatic heterocycles. The van der Waals surface area contributed by atoms with Crippen LogP contribution in [-0.2, 0) is 14.9 Å². The van der Waals surface area contributed by atoms with Gasteiger partial charge in [-0.05, 0) is 36.4 Å². The average Bonchev–Trinajstić information content (AvgIpc) is 2.91. The van der Waals surface area contributed by atoms with Crippen LogP contribution in [0, 0.1) is 10.8 Å². The van der Waals surface area contributed by atoms with Crippen LogP contribution in [0.2, 0.25) is 0 Å². The minimum absolute atomic E-state index is 0.0292. The second kappa shape index (κ2) is 12.1. The Morgan fingerprint density at radius 2 is 1.88 bits per heavy atom. The lowest BCUT2D eigenvalue weighted by atomic mass is 9.73. The van der Waals surface area contributed by atoms with E-state index < -0.39 is 29.2 Å². The standard InChI is InChI=1S/C28H35F4N7O2/c1-35-7-9-38(10-8-35)14-20-11-23(28(30,31)32)24(36(2)13-20)15-39(19-40)22-6-4-5-21(12-22)27(16-41-17-27)25(29)26(34)37(3)18-33/h4-6,11-13,15,18-19,25,33-34H,7-10,14,16-17H2,1-3H3/b24-15-,33-18?,34-26?. The van der Waals surface area contributed by atoms with Crippen molar-refractivity contribution in [3.8, 4) is 0 Å². The highest BCUT2D eigenvalue weighted by Crippen LogP contribution is 2.40. The smallest absolute Gasteiger partial charge is 0.379 e. The molecule has 1 amide bonds. The molecule has 2 saturated heterocycles. The molecule has 3 aliphatic heterocycles. The Kier molecular flexibility index (Phi) is 9.00. The predicted octanol–water partition coefficient (Wildman–Crippen LogP) is 3.18. The number of ether oxygens (including phenoxy) is 1. The predicted molar refractivity (Wildman–Crippen MR) is 149 cm³/mol. The van der Waals surface area contributed by atoms with Gasteiger partial charge in [-0.1, -0.05) is 12.1 Å². The molecule has 3 aliphatic rings. The van der Waals surface area contributed by atoms with Gasteiger partial charge in [0.15, 0.2) is 6.17 Å². The number of halogens is 4. The van der Waals surface area contributed by atoms with Crippen molar-refractivity contribution < 1.29 is 27.1 Å². The summed E-state index contributed by atoms with van der Waals surface area (Å²) in [7, 11) is 4.91. The molecule has 222 valence electrons. The lowest BCUT2D eigenvalue weighted by Crippen LogP contribution is -2.58. The van der Waals surface area contributed by atoms with E-state index in [1.807, 2.05) is 7.05 Å². The first-order valence-electron chi connectivity index (χ1n) is 13.1. The summed E-state index contributed by atoms with van der Waals surface area (Å²) in [5.74, 6) is -0.425. The van der Waals surface area contributed by atoms with Gasteiger partial charge in [-0.2, -0.15) is 13.2 Å². The molecule has 0 aliphatic carbocycles. The van der Waals surface area contributed by atoms with Crippen molar-refractivity contribution in [2.75, 3.05) is 72.0 Å². The van der Waals surface area contributed by atoms with Crippen molar-refractivity contribution in [2.24, 2.45) is 0 Å². The number of piperazine rings is 1. The van der Waals surface area contributed by atoms with Crippen molar-refractivity contribution >= 4 is 24.3 Å². The maximum atomic E-state index is 15.6. The van der Waals surface area contributed by atoms with Crippen LogP contribution in [0.3, 0.4) is 0 Å². The molecule has 1 unspecified atom stereocenters. The molecule has 13 heteroatoms. The lowest BCUT2D eigenvalue weighted by Gasteiger charge is -2.45. The number of nitrogens with zero attached hydrogens (tertiary/aromatic N) is 5. The SMILES string of the molecule is CN1CCN(CC2=CN(C)/C(=C\N(C=O)c3cccc(C4(C(F)C(=N)N(C)C=N)COC4)c3)C(C(F)(F)F)=C2)CC1. The number of amides is 1. The fourth-order valence-electron chi connectivity index (χ4n) is 5.11. The van der Waals surface area contributed by atoms with Crippen LogP contribution in [0.25, 0.3) is 0 Å². The van der Waals surface area contributed by atoms with Crippen LogP contribution in [0.4, 0.5) is 23.2 Å². The average molecular weight is 578 g/mol. The Hall–Kier alpha value is -3.55. The Morgan fingerprint density at radius 1 is 1.20 bits per heavy atom. The maximum absolute atomic E-state index is 15.6. The van der Waals surface area contributed by atoms with E-state index in [-0.39, 0.29) is 24.6 Å². The third kappa shape index (κ3) is 6.36. The van der Waals surface area contributed by atoms with E-state index in [1.165, 1.54) is 25.1 Å². The van der Waals surface area contributed by atoms with Gasteiger partial charge in [-0.3, -0.25) is 25.4 Å². The third-order valence-electron chi connectivity index (χ3n) is 7.76. The highest BCUT2D eigenvalue weighted by atomic mass is 19.4. The van der Waals surface area contributed by atoms with Crippen LogP contribution in [0.5, 0.6) is 0 Å². The number of rotatable bonds is 9. The molecule has 0 spiro atoms. The van der Waals surface area contributed by atoms with Gasteiger partial charge in [0.2, 0.25) is 6.41 Å². The molecule has 2 fully saturated rings. The second-order valence-electron chi connectivity index (χ2n) is 10.7. The van der Waals surface area contributed by atoms with Gasteiger partial charge in [0.05, 0.1) is 36.2 Å². The Balaban J connectivity index is 1.63. The van der Waals surface area contributed by atoms with Gasteiger partial charge in [0.1, 0.15) is 5.84 Å². The highest BCUT2D eigenvalue weighted by molar-refractivity contribution is 5.93. The zero-order valence-corrected chi connectivity index (χ0v) is 23.3. The number of allylic oxidation sites excluding steroid dienone is 1. The zero-order valence-electron chi connectivity index (χ0n) is 23.3. The summed E-state index contributed by atoms with van der Waals surface area (Å²) in [4.78, 5) is 19.9. The van der Waals surface area contributed by atoms with E-state index in [0.29, 0.717) is 24.1 Å². The molecule has 1 aromatic carbocycles. The first-order chi connectivity index (χ1) is 19.4. The van der Waals surface area contributed by atoms with Crippen molar-refractivity contribution in [2.45, 2.75) is 17.8 Å². The number of hydrogen-bond acceptors (Lipinski definition) is 7. The number of anilines is 1. The second-order valence-corrected chi connectivity index (χ2v) is 10.7. The monoisotopic (exact) mass is 577 g/mol. The fourth-order valence-corrected chi connectivity index (χ4v) is 5.11. The number of likely N-dealkylation sites (N-methyl/N-ethyl adjacent to an activating group) is 2. The molecule has 41 heavy (non-hydrogen) atoms. The summed E-state index contributed by atoms with van der Waals surface area (Å²) >= 11 is 0. The number of hydrogen-bond donors (Lipinski definition) is 2. The minimum Gasteiger partial charge on any atom is -0.379 e. The van der Waals surface area contributed by atoms with E-state index in [9.17, 15) is 18.0 Å². The molecular formula is C28H35F4N7O2. The zero-order chi connectivity index (χ0) is 29.9. The van der Waals surface area contributed by atoms with Gasteiger partial charge in [0, 0.05) is 64.9 Å². The number of alkyl halides is 4. The summed E-state index contributed by atoms with van der Waals surface area (Å²) < 4.78 is 63.7. The topological polar surface area (TPSA) is 90.2 Å². The molecule has 2 N–H and O–H groups in total. The molecule has 4 rings (SSSR count). The first-order valence-corrected chi connectivity index (χ1v) is 13.1. The van der Waals surface area contributed by atoms with E-state index in [4.69, 9.17) is 15.6 Å². The van der Waals surface area contributed by atoms with Crippen LogP contribution in [-0.4, -0.2) is 118 Å². The molecule has 9 nitrogen and oxygen atoms in total. The summed E-state index contributed by atoms with van der Waals surface area (Å²) in [6, 6.07) is 6.27. The Morgan fingerprint density at radius 3 is 2.44 bits per heavy atom. The van der Waals surface area contributed by atoms with Gasteiger partial charge in [0.25, 0.3) is 0 Å². The minimum atomic E-state index is -4.67. The Labute approximate surface area is 236 Å². The quantitative estimate of drug-likeness (QED) is 0.203. The number of nitrogens with one attached hydrogen (secondary N) is 2. The van der Waals surface area contributed by atoms with E-state index in [1.54, 1.807) is 24.4 Å². The molecule has 0 radical (unpaired) electrons. The van der Waals surface area contributed by atoms with Crippen LogP contribution < -0.4 is 4.90 Å². The summed E-state index contributed by atoms with van der Waals surface area (Å²) in [5, 5.41) is 15.5. The van der Waals surface area contributed by atoms with E-state index >= 15 is 4.39 Å². The van der Waals surface area contributed by atoms with Crippen molar-refractivity contribution in [1.29, 1.82) is 10.8 Å². The normalized spacial score (nSPS) is 21.4. The van der Waals surface area contributed by atoms with Crippen LogP contribution >= 0.6 is 0 Å². The van der Waals surface area contributed by atoms with Gasteiger partial charge >= 0.3 is 6.18 Å².